The maximum absolute atomic E-state index is 10.2. The van der Waals surface area contributed by atoms with Crippen molar-refractivity contribution in [3.05, 3.63) is 29.3 Å². The molecule has 4 N–H and O–H groups in total. The highest BCUT2D eigenvalue weighted by atomic mass is 16.1. The lowest BCUT2D eigenvalue weighted by atomic mass is 10.1. The third-order valence-electron chi connectivity index (χ3n) is 2.35. The zero-order valence-corrected chi connectivity index (χ0v) is 9.62. The fourth-order valence-electron chi connectivity index (χ4n) is 1.55. The maximum Gasteiger partial charge on any atom is 0.121 e. The third kappa shape index (κ3) is 3.64. The summed E-state index contributed by atoms with van der Waals surface area (Å²) in [5.41, 5.74) is 8.96. The van der Waals surface area contributed by atoms with Gasteiger partial charge in [-0.3, -0.25) is 0 Å². The Balaban J connectivity index is 2.76. The van der Waals surface area contributed by atoms with Gasteiger partial charge in [-0.25, -0.2) is 0 Å². The van der Waals surface area contributed by atoms with Crippen LogP contribution < -0.4 is 16.4 Å². The summed E-state index contributed by atoms with van der Waals surface area (Å²) in [7, 11) is 1.91. The van der Waals surface area contributed by atoms with Gasteiger partial charge in [-0.2, -0.15) is 0 Å². The summed E-state index contributed by atoms with van der Waals surface area (Å²) < 4.78 is 0. The number of anilines is 1. The van der Waals surface area contributed by atoms with Crippen LogP contribution in [0.1, 0.15) is 17.5 Å². The van der Waals surface area contributed by atoms with Crippen LogP contribution in [0.25, 0.3) is 0 Å². The van der Waals surface area contributed by atoms with E-state index in [1.807, 2.05) is 19.2 Å². The molecule has 16 heavy (non-hydrogen) atoms. The van der Waals surface area contributed by atoms with Gasteiger partial charge in [0.05, 0.1) is 0 Å². The molecule has 0 radical (unpaired) electrons. The Kier molecular flexibility index (Phi) is 5.53. The summed E-state index contributed by atoms with van der Waals surface area (Å²) >= 11 is 0. The summed E-state index contributed by atoms with van der Waals surface area (Å²) in [5, 5.41) is 6.35. The zero-order valence-electron chi connectivity index (χ0n) is 9.62. The first-order chi connectivity index (χ1) is 7.81. The number of hydrogen-bond donors (Lipinski definition) is 3. The lowest BCUT2D eigenvalue weighted by molar-refractivity contribution is -0.107. The van der Waals surface area contributed by atoms with E-state index >= 15 is 0 Å². The van der Waals surface area contributed by atoms with Crippen LogP contribution in [0.3, 0.4) is 0 Å². The minimum absolute atomic E-state index is 0.525. The van der Waals surface area contributed by atoms with Gasteiger partial charge in [-0.15, -0.1) is 0 Å². The first kappa shape index (κ1) is 12.7. The van der Waals surface area contributed by atoms with Crippen molar-refractivity contribution in [3.63, 3.8) is 0 Å². The van der Waals surface area contributed by atoms with Crippen LogP contribution in [0.2, 0.25) is 0 Å². The molecule has 0 saturated heterocycles. The summed E-state index contributed by atoms with van der Waals surface area (Å²) in [4.78, 5) is 10.2. The number of nitrogens with one attached hydrogen (secondary N) is 2. The first-order valence-electron chi connectivity index (χ1n) is 5.45. The Morgan fingerprint density at radius 2 is 2.25 bits per heavy atom. The van der Waals surface area contributed by atoms with Crippen molar-refractivity contribution in [1.82, 2.24) is 5.32 Å². The quantitative estimate of drug-likeness (QED) is 0.472. The molecule has 0 aromatic heterocycles. The molecule has 88 valence electrons. The molecular weight excluding hydrogens is 202 g/mol. The molecule has 0 aliphatic carbocycles. The van der Waals surface area contributed by atoms with E-state index in [1.165, 1.54) is 5.56 Å². The molecule has 0 aliphatic heterocycles. The standard InChI is InChI=1S/C12H19N3O/c1-14-9-11-7-10(8-13)3-4-12(11)15-5-2-6-16/h3-4,6-7,14-15H,2,5,8-9,13H2,1H3. The van der Waals surface area contributed by atoms with E-state index in [9.17, 15) is 4.79 Å². The zero-order chi connectivity index (χ0) is 11.8. The van der Waals surface area contributed by atoms with Crippen LogP contribution in [0.5, 0.6) is 0 Å². The molecule has 1 rings (SSSR count). The van der Waals surface area contributed by atoms with Gasteiger partial charge in [0.1, 0.15) is 6.29 Å². The van der Waals surface area contributed by atoms with Crippen LogP contribution >= 0.6 is 0 Å². The van der Waals surface area contributed by atoms with Gasteiger partial charge >= 0.3 is 0 Å². The minimum Gasteiger partial charge on any atom is -0.384 e. The van der Waals surface area contributed by atoms with E-state index < -0.39 is 0 Å². The van der Waals surface area contributed by atoms with E-state index in [-0.39, 0.29) is 0 Å². The van der Waals surface area contributed by atoms with Crippen LogP contribution in [-0.4, -0.2) is 19.9 Å². The summed E-state index contributed by atoms with van der Waals surface area (Å²) in [6, 6.07) is 6.10. The van der Waals surface area contributed by atoms with Crippen molar-refractivity contribution < 1.29 is 4.79 Å². The molecule has 0 aliphatic rings. The van der Waals surface area contributed by atoms with Crippen LogP contribution in [0.15, 0.2) is 18.2 Å². The van der Waals surface area contributed by atoms with E-state index in [1.54, 1.807) is 0 Å². The van der Waals surface area contributed by atoms with Gasteiger partial charge in [0, 0.05) is 31.7 Å². The van der Waals surface area contributed by atoms with Gasteiger partial charge < -0.3 is 21.2 Å². The molecule has 0 heterocycles. The Bertz CT molecular complexity index is 339. The average molecular weight is 221 g/mol. The molecular formula is C12H19N3O. The molecule has 0 fully saturated rings. The number of carbonyl (C=O) groups is 1. The molecule has 1 aromatic rings. The van der Waals surface area contributed by atoms with E-state index in [2.05, 4.69) is 16.7 Å². The van der Waals surface area contributed by atoms with Gasteiger partial charge in [-0.05, 0) is 24.2 Å². The van der Waals surface area contributed by atoms with Crippen LogP contribution in [-0.2, 0) is 17.9 Å². The molecule has 4 nitrogen and oxygen atoms in total. The Morgan fingerprint density at radius 3 is 2.88 bits per heavy atom. The lowest BCUT2D eigenvalue weighted by Gasteiger charge is -2.12. The third-order valence-corrected chi connectivity index (χ3v) is 2.35. The highest BCUT2D eigenvalue weighted by Gasteiger charge is 2.02. The normalized spacial score (nSPS) is 10.1. The Hall–Kier alpha value is -1.39. The molecule has 0 spiro atoms. The van der Waals surface area contributed by atoms with E-state index in [4.69, 9.17) is 5.73 Å². The van der Waals surface area contributed by atoms with Crippen molar-refractivity contribution in [2.24, 2.45) is 5.73 Å². The van der Waals surface area contributed by atoms with Crippen LogP contribution in [0.4, 0.5) is 5.69 Å². The Labute approximate surface area is 96.2 Å². The predicted octanol–water partition coefficient (Wildman–Crippen LogP) is 0.866. The van der Waals surface area contributed by atoms with Crippen molar-refractivity contribution >= 4 is 12.0 Å². The van der Waals surface area contributed by atoms with Gasteiger partial charge in [-0.1, -0.05) is 12.1 Å². The first-order valence-corrected chi connectivity index (χ1v) is 5.45. The fourth-order valence-corrected chi connectivity index (χ4v) is 1.55. The van der Waals surface area contributed by atoms with E-state index in [0.717, 1.165) is 24.1 Å². The van der Waals surface area contributed by atoms with E-state index in [0.29, 0.717) is 19.5 Å². The second-order valence-corrected chi connectivity index (χ2v) is 3.61. The number of benzene rings is 1. The van der Waals surface area contributed by atoms with Gasteiger partial charge in [0.25, 0.3) is 0 Å². The second-order valence-electron chi connectivity index (χ2n) is 3.61. The largest absolute Gasteiger partial charge is 0.384 e. The highest BCUT2D eigenvalue weighted by Crippen LogP contribution is 2.17. The molecule has 0 unspecified atom stereocenters. The summed E-state index contributed by atoms with van der Waals surface area (Å²) in [6.45, 7) is 2.00. The van der Waals surface area contributed by atoms with Gasteiger partial charge in [0.2, 0.25) is 0 Å². The summed E-state index contributed by atoms with van der Waals surface area (Å²) in [5.74, 6) is 0. The van der Waals surface area contributed by atoms with Crippen molar-refractivity contribution in [2.75, 3.05) is 18.9 Å². The maximum atomic E-state index is 10.2. The topological polar surface area (TPSA) is 67.2 Å². The predicted molar refractivity (Wildman–Crippen MR) is 66.3 cm³/mol. The molecule has 0 amide bonds. The number of nitrogens with two attached hydrogens (primary N) is 1. The molecule has 0 atom stereocenters. The van der Waals surface area contributed by atoms with Crippen LogP contribution in [0, 0.1) is 0 Å². The summed E-state index contributed by atoms with van der Waals surface area (Å²) in [6.07, 6.45) is 1.44. The smallest absolute Gasteiger partial charge is 0.121 e. The van der Waals surface area contributed by atoms with Crippen molar-refractivity contribution in [2.45, 2.75) is 19.5 Å². The fraction of sp³-hybridized carbons (Fsp3) is 0.417. The molecule has 4 heteroatoms. The molecule has 1 aromatic carbocycles. The number of carbonyl (C=O) groups excluding carboxylic acids is 1. The van der Waals surface area contributed by atoms with Crippen molar-refractivity contribution in [1.29, 1.82) is 0 Å². The molecule has 0 bridgehead atoms. The number of rotatable bonds is 7. The molecule has 0 saturated carbocycles. The van der Waals surface area contributed by atoms with Gasteiger partial charge in [0.15, 0.2) is 0 Å². The van der Waals surface area contributed by atoms with Crippen molar-refractivity contribution in [3.8, 4) is 0 Å². The number of aldehydes is 1. The Morgan fingerprint density at radius 1 is 1.44 bits per heavy atom. The highest BCUT2D eigenvalue weighted by molar-refractivity contribution is 5.55. The lowest BCUT2D eigenvalue weighted by Crippen LogP contribution is -2.11. The number of hydrogen-bond acceptors (Lipinski definition) is 4. The second kappa shape index (κ2) is 6.98. The average Bonchev–Trinajstić information content (AvgIpc) is 2.31. The SMILES string of the molecule is CNCc1cc(CN)ccc1NCCC=O. The minimum atomic E-state index is 0.525. The monoisotopic (exact) mass is 221 g/mol.